The van der Waals surface area contributed by atoms with E-state index < -0.39 is 0 Å². The van der Waals surface area contributed by atoms with E-state index in [9.17, 15) is 0 Å². The molecule has 0 fully saturated rings. The van der Waals surface area contributed by atoms with Crippen molar-refractivity contribution in [2.45, 2.75) is 25.4 Å². The average molecular weight is 255 g/mol. The molecule has 2 nitrogen and oxygen atoms in total. The number of hydrogen-bond donors (Lipinski definition) is 0. The third kappa shape index (κ3) is 1.20. The zero-order valence-corrected chi connectivity index (χ0v) is 11.0. The highest BCUT2D eigenvalue weighted by Gasteiger charge is 2.40. The summed E-state index contributed by atoms with van der Waals surface area (Å²) in [5, 5.41) is 7.96. The lowest BCUT2D eigenvalue weighted by Crippen LogP contribution is -2.26. The molecule has 1 aromatic carbocycles. The van der Waals surface area contributed by atoms with E-state index in [4.69, 9.17) is 4.84 Å². The molecule has 1 aliphatic heterocycles. The van der Waals surface area contributed by atoms with Crippen LogP contribution in [-0.4, -0.2) is 11.8 Å². The molecule has 1 aromatic heterocycles. The van der Waals surface area contributed by atoms with E-state index in [-0.39, 0.29) is 12.0 Å². The molecule has 0 saturated carbocycles. The maximum Gasteiger partial charge on any atom is 0.160 e. The van der Waals surface area contributed by atoms with Gasteiger partial charge in [-0.05, 0) is 35.1 Å². The minimum Gasteiger partial charge on any atom is -0.387 e. The van der Waals surface area contributed by atoms with Crippen LogP contribution in [0.1, 0.15) is 24.0 Å². The lowest BCUT2D eigenvalue weighted by atomic mass is 9.78. The van der Waals surface area contributed by atoms with E-state index in [0.29, 0.717) is 0 Å². The second kappa shape index (κ2) is 3.45. The SMILES string of the molecule is C=C(C)[C@@H]1ON=C2Cc3csc4cccc(c34)[C@H]21. The van der Waals surface area contributed by atoms with E-state index in [2.05, 4.69) is 35.3 Å². The fourth-order valence-corrected chi connectivity index (χ4v) is 4.04. The van der Waals surface area contributed by atoms with E-state index in [1.54, 1.807) is 0 Å². The Hall–Kier alpha value is -1.61. The highest BCUT2D eigenvalue weighted by molar-refractivity contribution is 7.17. The van der Waals surface area contributed by atoms with Gasteiger partial charge in [-0.3, -0.25) is 0 Å². The molecule has 2 aliphatic rings. The second-order valence-electron chi connectivity index (χ2n) is 5.09. The Balaban J connectivity index is 2.00. The maximum atomic E-state index is 5.58. The normalized spacial score (nSPS) is 24.6. The summed E-state index contributed by atoms with van der Waals surface area (Å²) in [6.45, 7) is 6.06. The van der Waals surface area contributed by atoms with Crippen molar-refractivity contribution in [1.82, 2.24) is 0 Å². The number of thiophene rings is 1. The summed E-state index contributed by atoms with van der Waals surface area (Å²) in [5.74, 6) is 0.272. The van der Waals surface area contributed by atoms with Crippen LogP contribution in [0.15, 0.2) is 40.9 Å². The van der Waals surface area contributed by atoms with E-state index in [1.807, 2.05) is 18.3 Å². The van der Waals surface area contributed by atoms with E-state index in [0.717, 1.165) is 17.7 Å². The first-order valence-corrected chi connectivity index (χ1v) is 7.00. The van der Waals surface area contributed by atoms with Gasteiger partial charge in [-0.1, -0.05) is 23.9 Å². The Labute approximate surface area is 110 Å². The zero-order chi connectivity index (χ0) is 12.3. The van der Waals surface area contributed by atoms with Crippen molar-refractivity contribution in [2.24, 2.45) is 5.16 Å². The van der Waals surface area contributed by atoms with Crippen molar-refractivity contribution in [3.63, 3.8) is 0 Å². The lowest BCUT2D eigenvalue weighted by molar-refractivity contribution is 0.103. The molecule has 0 amide bonds. The fraction of sp³-hybridized carbons (Fsp3) is 0.267. The van der Waals surface area contributed by atoms with Crippen LogP contribution >= 0.6 is 11.3 Å². The zero-order valence-electron chi connectivity index (χ0n) is 10.1. The molecule has 18 heavy (non-hydrogen) atoms. The summed E-state index contributed by atoms with van der Waals surface area (Å²) in [4.78, 5) is 5.58. The Morgan fingerprint density at radius 2 is 2.39 bits per heavy atom. The summed E-state index contributed by atoms with van der Waals surface area (Å²) in [6, 6.07) is 6.54. The van der Waals surface area contributed by atoms with Gasteiger partial charge in [0, 0.05) is 16.5 Å². The van der Waals surface area contributed by atoms with E-state index >= 15 is 0 Å². The summed E-state index contributed by atoms with van der Waals surface area (Å²) in [7, 11) is 0. The van der Waals surface area contributed by atoms with Crippen LogP contribution in [0.2, 0.25) is 0 Å². The molecule has 2 heterocycles. The van der Waals surface area contributed by atoms with Crippen LogP contribution in [0.4, 0.5) is 0 Å². The predicted molar refractivity (Wildman–Crippen MR) is 75.4 cm³/mol. The number of rotatable bonds is 1. The molecule has 2 aromatic rings. The third-order valence-electron chi connectivity index (χ3n) is 3.85. The second-order valence-corrected chi connectivity index (χ2v) is 6.00. The van der Waals surface area contributed by atoms with Gasteiger partial charge in [0.15, 0.2) is 6.10 Å². The van der Waals surface area contributed by atoms with Gasteiger partial charge >= 0.3 is 0 Å². The molecule has 4 rings (SSSR count). The Morgan fingerprint density at radius 1 is 1.50 bits per heavy atom. The standard InChI is InChI=1S/C15H13NOS/c1-8(2)15-14-10-4-3-5-12-13(10)9(7-18-12)6-11(14)16-17-15/h3-5,7,14-15H,1,6H2,2H3/t14-,15+/m1/s1. The Bertz CT molecular complexity index is 698. The lowest BCUT2D eigenvalue weighted by Gasteiger charge is -2.24. The molecule has 2 atom stereocenters. The van der Waals surface area contributed by atoms with Crippen LogP contribution in [0, 0.1) is 0 Å². The topological polar surface area (TPSA) is 21.6 Å². The van der Waals surface area contributed by atoms with Gasteiger partial charge in [0.1, 0.15) is 0 Å². The van der Waals surface area contributed by atoms with Crippen molar-refractivity contribution < 1.29 is 4.84 Å². The van der Waals surface area contributed by atoms with Gasteiger partial charge < -0.3 is 4.84 Å². The molecular weight excluding hydrogens is 242 g/mol. The summed E-state index contributed by atoms with van der Waals surface area (Å²) >= 11 is 1.82. The van der Waals surface area contributed by atoms with Gasteiger partial charge in [-0.2, -0.15) is 0 Å². The van der Waals surface area contributed by atoms with Crippen LogP contribution < -0.4 is 0 Å². The van der Waals surface area contributed by atoms with Crippen LogP contribution in [-0.2, 0) is 11.3 Å². The van der Waals surface area contributed by atoms with Crippen molar-refractivity contribution in [1.29, 1.82) is 0 Å². The quantitative estimate of drug-likeness (QED) is 0.709. The largest absolute Gasteiger partial charge is 0.387 e. The number of oxime groups is 1. The summed E-state index contributed by atoms with van der Waals surface area (Å²) in [6.07, 6.45) is 0.935. The number of hydrogen-bond acceptors (Lipinski definition) is 3. The van der Waals surface area contributed by atoms with Gasteiger partial charge in [-0.25, -0.2) is 0 Å². The number of nitrogens with zero attached hydrogens (tertiary/aromatic N) is 1. The Morgan fingerprint density at radius 3 is 3.22 bits per heavy atom. The molecule has 1 aliphatic carbocycles. The first kappa shape index (κ1) is 10.3. The summed E-state index contributed by atoms with van der Waals surface area (Å²) in [5.41, 5.74) is 4.96. The molecule has 0 bridgehead atoms. The predicted octanol–water partition coefficient (Wildman–Crippen LogP) is 3.87. The van der Waals surface area contributed by atoms with Crippen LogP contribution in [0.5, 0.6) is 0 Å². The molecule has 90 valence electrons. The number of fused-ring (bicyclic) bond motifs is 2. The first-order valence-electron chi connectivity index (χ1n) is 6.12. The van der Waals surface area contributed by atoms with Gasteiger partial charge in [0.2, 0.25) is 0 Å². The molecule has 0 unspecified atom stereocenters. The molecule has 0 radical (unpaired) electrons. The van der Waals surface area contributed by atoms with E-state index in [1.165, 1.54) is 21.2 Å². The highest BCUT2D eigenvalue weighted by atomic mass is 32.1. The molecule has 0 saturated heterocycles. The van der Waals surface area contributed by atoms with Crippen molar-refractivity contribution in [3.05, 3.63) is 46.9 Å². The minimum atomic E-state index is 0.0126. The average Bonchev–Trinajstić information content (AvgIpc) is 2.95. The van der Waals surface area contributed by atoms with Gasteiger partial charge in [0.25, 0.3) is 0 Å². The Kier molecular flexibility index (Phi) is 1.98. The third-order valence-corrected chi connectivity index (χ3v) is 4.84. The van der Waals surface area contributed by atoms with Crippen molar-refractivity contribution in [2.75, 3.05) is 0 Å². The smallest absolute Gasteiger partial charge is 0.160 e. The summed E-state index contributed by atoms with van der Waals surface area (Å²) < 4.78 is 1.37. The van der Waals surface area contributed by atoms with Crippen LogP contribution in [0.3, 0.4) is 0 Å². The number of benzene rings is 1. The molecule has 0 N–H and O–H groups in total. The molecular formula is C15H13NOS. The first-order chi connectivity index (χ1) is 8.75. The highest BCUT2D eigenvalue weighted by Crippen LogP contribution is 2.44. The minimum absolute atomic E-state index is 0.0126. The van der Waals surface area contributed by atoms with Crippen molar-refractivity contribution >= 4 is 27.1 Å². The maximum absolute atomic E-state index is 5.58. The molecule has 0 spiro atoms. The van der Waals surface area contributed by atoms with Gasteiger partial charge in [0.05, 0.1) is 11.6 Å². The monoisotopic (exact) mass is 255 g/mol. The van der Waals surface area contributed by atoms with Crippen molar-refractivity contribution in [3.8, 4) is 0 Å². The molecule has 3 heteroatoms. The fourth-order valence-electron chi connectivity index (χ4n) is 3.04. The van der Waals surface area contributed by atoms with Gasteiger partial charge in [-0.15, -0.1) is 11.3 Å². The van der Waals surface area contributed by atoms with Crippen LogP contribution in [0.25, 0.3) is 10.1 Å².